The highest BCUT2D eigenvalue weighted by Gasteiger charge is 2.43. The van der Waals surface area contributed by atoms with Crippen molar-refractivity contribution >= 4 is 15.9 Å². The molecule has 0 N–H and O–H groups in total. The molecule has 1 heterocycles. The number of methoxy groups -OCH3 is 1. The van der Waals surface area contributed by atoms with E-state index in [0.29, 0.717) is 0 Å². The zero-order chi connectivity index (χ0) is 11.2. The Morgan fingerprint density at radius 3 is 2.75 bits per heavy atom. The fourth-order valence-corrected chi connectivity index (χ4v) is 3.35. The number of halogens is 1. The lowest BCUT2D eigenvalue weighted by Gasteiger charge is -2.22. The summed E-state index contributed by atoms with van der Waals surface area (Å²) in [7, 11) is 1.70. The summed E-state index contributed by atoms with van der Waals surface area (Å²) in [6, 6.07) is 4.02. The van der Waals surface area contributed by atoms with Gasteiger partial charge in [0.2, 0.25) is 0 Å². The second-order valence-corrected chi connectivity index (χ2v) is 5.58. The van der Waals surface area contributed by atoms with Crippen molar-refractivity contribution in [2.75, 3.05) is 7.11 Å². The first-order chi connectivity index (χ1) is 7.74. The van der Waals surface area contributed by atoms with Crippen LogP contribution in [0.3, 0.4) is 0 Å². The van der Waals surface area contributed by atoms with Crippen molar-refractivity contribution in [3.8, 4) is 11.5 Å². The Morgan fingerprint density at radius 2 is 2.06 bits per heavy atom. The lowest BCUT2D eigenvalue weighted by Crippen LogP contribution is -2.30. The molecule has 1 saturated carbocycles. The van der Waals surface area contributed by atoms with Crippen LogP contribution >= 0.6 is 15.9 Å². The fraction of sp³-hybridized carbons (Fsp3) is 0.538. The number of fused-ring (bicyclic) bond motifs is 1. The highest BCUT2D eigenvalue weighted by Crippen LogP contribution is 2.50. The minimum Gasteiger partial charge on any atom is -0.493 e. The Hall–Kier alpha value is -0.700. The van der Waals surface area contributed by atoms with E-state index in [4.69, 9.17) is 9.47 Å². The molecule has 1 fully saturated rings. The minimum atomic E-state index is 0.0689. The minimum absolute atomic E-state index is 0.0689. The van der Waals surface area contributed by atoms with E-state index in [9.17, 15) is 0 Å². The fourth-order valence-electron chi connectivity index (χ4n) is 2.89. The summed E-state index contributed by atoms with van der Waals surface area (Å²) in [4.78, 5) is 0. The monoisotopic (exact) mass is 282 g/mol. The van der Waals surface area contributed by atoms with Crippen molar-refractivity contribution in [1.29, 1.82) is 0 Å². The highest BCUT2D eigenvalue weighted by molar-refractivity contribution is 9.10. The van der Waals surface area contributed by atoms with Crippen molar-refractivity contribution in [3.63, 3.8) is 0 Å². The van der Waals surface area contributed by atoms with Gasteiger partial charge in [0.25, 0.3) is 0 Å². The largest absolute Gasteiger partial charge is 0.493 e. The standard InChI is InChI=1S/C13H15BrO2/c1-15-11-5-4-10(14)9-8-13(16-12(9)11)6-2-3-7-13/h4-5H,2-3,6-8H2,1H3. The molecule has 2 nitrogen and oxygen atoms in total. The number of rotatable bonds is 1. The summed E-state index contributed by atoms with van der Waals surface area (Å²) >= 11 is 3.61. The van der Waals surface area contributed by atoms with Crippen LogP contribution < -0.4 is 9.47 Å². The van der Waals surface area contributed by atoms with Gasteiger partial charge in [0.1, 0.15) is 5.60 Å². The third-order valence-corrected chi connectivity index (χ3v) is 4.46. The molecule has 1 aliphatic carbocycles. The molecule has 1 aromatic rings. The zero-order valence-electron chi connectivity index (χ0n) is 9.38. The topological polar surface area (TPSA) is 18.5 Å². The van der Waals surface area contributed by atoms with E-state index in [0.717, 1.165) is 22.4 Å². The maximum Gasteiger partial charge on any atom is 0.166 e. The van der Waals surface area contributed by atoms with E-state index >= 15 is 0 Å². The van der Waals surface area contributed by atoms with Gasteiger partial charge in [-0.05, 0) is 37.8 Å². The van der Waals surface area contributed by atoms with Crippen LogP contribution in [0.2, 0.25) is 0 Å². The molecule has 1 aliphatic heterocycles. The first kappa shape index (κ1) is 10.5. The van der Waals surface area contributed by atoms with Crippen molar-refractivity contribution in [2.45, 2.75) is 37.7 Å². The Bertz CT molecular complexity index is 422. The van der Waals surface area contributed by atoms with Gasteiger partial charge >= 0.3 is 0 Å². The van der Waals surface area contributed by atoms with Crippen LogP contribution in [-0.2, 0) is 6.42 Å². The van der Waals surface area contributed by atoms with Crippen LogP contribution in [0, 0.1) is 0 Å². The van der Waals surface area contributed by atoms with E-state index in [-0.39, 0.29) is 5.60 Å². The van der Waals surface area contributed by atoms with Crippen LogP contribution in [0.4, 0.5) is 0 Å². The summed E-state index contributed by atoms with van der Waals surface area (Å²) in [5.74, 6) is 1.82. The number of hydrogen-bond donors (Lipinski definition) is 0. The molecule has 0 radical (unpaired) electrons. The van der Waals surface area contributed by atoms with Crippen LogP contribution in [-0.4, -0.2) is 12.7 Å². The van der Waals surface area contributed by atoms with E-state index in [1.54, 1.807) is 7.11 Å². The number of benzene rings is 1. The quantitative estimate of drug-likeness (QED) is 0.782. The molecule has 0 aromatic heterocycles. The van der Waals surface area contributed by atoms with Crippen LogP contribution in [0.5, 0.6) is 11.5 Å². The van der Waals surface area contributed by atoms with Gasteiger partial charge < -0.3 is 9.47 Å². The Labute approximate surface area is 104 Å². The lowest BCUT2D eigenvalue weighted by molar-refractivity contribution is 0.0996. The molecule has 16 heavy (non-hydrogen) atoms. The molecule has 86 valence electrons. The number of hydrogen-bond acceptors (Lipinski definition) is 2. The van der Waals surface area contributed by atoms with E-state index in [1.807, 2.05) is 6.07 Å². The molecule has 0 amide bonds. The molecular formula is C13H15BrO2. The normalized spacial score (nSPS) is 20.9. The third kappa shape index (κ3) is 1.45. The molecule has 3 rings (SSSR count). The Balaban J connectivity index is 2.04. The molecule has 1 aromatic carbocycles. The van der Waals surface area contributed by atoms with Gasteiger partial charge in [0.05, 0.1) is 7.11 Å². The van der Waals surface area contributed by atoms with Gasteiger partial charge in [-0.15, -0.1) is 0 Å². The molecule has 2 aliphatic rings. The van der Waals surface area contributed by atoms with Gasteiger partial charge in [-0.2, -0.15) is 0 Å². The maximum absolute atomic E-state index is 6.20. The average Bonchev–Trinajstić information content (AvgIpc) is 2.88. The predicted molar refractivity (Wildman–Crippen MR) is 66.2 cm³/mol. The van der Waals surface area contributed by atoms with Gasteiger partial charge in [0, 0.05) is 16.5 Å². The second kappa shape index (κ2) is 3.66. The van der Waals surface area contributed by atoms with Crippen molar-refractivity contribution in [1.82, 2.24) is 0 Å². The van der Waals surface area contributed by atoms with Crippen molar-refractivity contribution in [3.05, 3.63) is 22.2 Å². The highest BCUT2D eigenvalue weighted by atomic mass is 79.9. The van der Waals surface area contributed by atoms with Gasteiger partial charge in [0.15, 0.2) is 11.5 Å². The average molecular weight is 283 g/mol. The van der Waals surface area contributed by atoms with Gasteiger partial charge in [-0.3, -0.25) is 0 Å². The van der Waals surface area contributed by atoms with Crippen LogP contribution in [0.1, 0.15) is 31.2 Å². The Kier molecular flexibility index (Phi) is 2.39. The summed E-state index contributed by atoms with van der Waals surface area (Å²) < 4.78 is 12.7. The predicted octanol–water partition coefficient (Wildman–Crippen LogP) is 3.71. The third-order valence-electron chi connectivity index (χ3n) is 3.72. The van der Waals surface area contributed by atoms with Crippen molar-refractivity contribution in [2.24, 2.45) is 0 Å². The van der Waals surface area contributed by atoms with Gasteiger partial charge in [-0.25, -0.2) is 0 Å². The molecule has 0 atom stereocenters. The van der Waals surface area contributed by atoms with Crippen molar-refractivity contribution < 1.29 is 9.47 Å². The summed E-state index contributed by atoms with van der Waals surface area (Å²) in [5, 5.41) is 0. The lowest BCUT2D eigenvalue weighted by atomic mass is 9.96. The van der Waals surface area contributed by atoms with Crippen LogP contribution in [0.15, 0.2) is 16.6 Å². The Morgan fingerprint density at radius 1 is 1.31 bits per heavy atom. The molecule has 3 heteroatoms. The summed E-state index contributed by atoms with van der Waals surface area (Å²) in [6.07, 6.45) is 5.95. The molecule has 0 bridgehead atoms. The zero-order valence-corrected chi connectivity index (χ0v) is 11.0. The van der Waals surface area contributed by atoms with E-state index < -0.39 is 0 Å². The number of ether oxygens (including phenoxy) is 2. The summed E-state index contributed by atoms with van der Waals surface area (Å²) in [5.41, 5.74) is 1.35. The summed E-state index contributed by atoms with van der Waals surface area (Å²) in [6.45, 7) is 0. The smallest absolute Gasteiger partial charge is 0.166 e. The molecule has 1 spiro atoms. The molecule has 0 saturated heterocycles. The SMILES string of the molecule is COc1ccc(Br)c2c1OC1(CCCC1)C2. The molecule has 0 unspecified atom stereocenters. The van der Waals surface area contributed by atoms with Gasteiger partial charge in [-0.1, -0.05) is 15.9 Å². The maximum atomic E-state index is 6.20. The van der Waals surface area contributed by atoms with Crippen LogP contribution in [0.25, 0.3) is 0 Å². The second-order valence-electron chi connectivity index (χ2n) is 4.73. The first-order valence-electron chi connectivity index (χ1n) is 5.78. The van der Waals surface area contributed by atoms with E-state index in [1.165, 1.54) is 31.2 Å². The van der Waals surface area contributed by atoms with E-state index in [2.05, 4.69) is 22.0 Å². The first-order valence-corrected chi connectivity index (χ1v) is 6.58. The molecular weight excluding hydrogens is 268 g/mol.